The van der Waals surface area contributed by atoms with Gasteiger partial charge in [0.2, 0.25) is 0 Å². The first kappa shape index (κ1) is 21.6. The highest BCUT2D eigenvalue weighted by atomic mass is 16.3. The minimum atomic E-state index is -0.207. The van der Waals surface area contributed by atoms with Crippen LogP contribution in [0.3, 0.4) is 0 Å². The van der Waals surface area contributed by atoms with Crippen molar-refractivity contribution in [2.45, 2.75) is 58.8 Å². The fourth-order valence-corrected chi connectivity index (χ4v) is 3.80. The Kier molecular flexibility index (Phi) is 5.52. The molecule has 0 aliphatic heterocycles. The number of phenols is 1. The topological polar surface area (TPSA) is 61.8 Å². The smallest absolute Gasteiger partial charge is 0.137 e. The van der Waals surface area contributed by atoms with Crippen LogP contribution in [0.15, 0.2) is 36.4 Å². The molecule has 0 bridgehead atoms. The van der Waals surface area contributed by atoms with Gasteiger partial charge in [-0.1, -0.05) is 53.7 Å². The summed E-state index contributed by atoms with van der Waals surface area (Å²) in [4.78, 5) is 4.78. The van der Waals surface area contributed by atoms with Gasteiger partial charge in [0.1, 0.15) is 11.6 Å². The van der Waals surface area contributed by atoms with Crippen LogP contribution in [-0.4, -0.2) is 14.7 Å². The number of imidazole rings is 1. The van der Waals surface area contributed by atoms with Crippen LogP contribution in [0.1, 0.15) is 70.5 Å². The van der Waals surface area contributed by atoms with E-state index in [2.05, 4.69) is 47.6 Å². The highest BCUT2D eigenvalue weighted by Crippen LogP contribution is 2.40. The van der Waals surface area contributed by atoms with E-state index in [9.17, 15) is 10.4 Å². The Balaban J connectivity index is 2.26. The second kappa shape index (κ2) is 7.65. The quantitative estimate of drug-likeness (QED) is 0.558. The molecule has 2 aromatic carbocycles. The molecule has 0 saturated heterocycles. The molecule has 1 N–H and O–H groups in total. The molecule has 4 heteroatoms. The summed E-state index contributed by atoms with van der Waals surface area (Å²) in [5.41, 5.74) is 5.18. The number of fused-ring (bicyclic) bond motifs is 1. The lowest BCUT2D eigenvalue weighted by Crippen LogP contribution is -2.17. The highest BCUT2D eigenvalue weighted by Gasteiger charge is 2.26. The fraction of sp³-hybridized carbons (Fsp3) is 0.385. The second-order valence-corrected chi connectivity index (χ2v) is 9.95. The van der Waals surface area contributed by atoms with Crippen LogP contribution >= 0.6 is 0 Å². The van der Waals surface area contributed by atoms with Crippen molar-refractivity contribution in [3.8, 4) is 11.8 Å². The zero-order chi connectivity index (χ0) is 22.3. The van der Waals surface area contributed by atoms with E-state index in [0.29, 0.717) is 5.75 Å². The lowest BCUT2D eigenvalue weighted by molar-refractivity contribution is 0.423. The van der Waals surface area contributed by atoms with Gasteiger partial charge in [0.15, 0.2) is 0 Å². The van der Waals surface area contributed by atoms with Gasteiger partial charge in [0.25, 0.3) is 0 Å². The number of nitriles is 1. The van der Waals surface area contributed by atoms with Gasteiger partial charge in [0, 0.05) is 23.7 Å². The number of aryl methyl sites for hydroxylation is 1. The monoisotopic (exact) mass is 401 g/mol. The molecule has 0 unspecified atom stereocenters. The lowest BCUT2D eigenvalue weighted by Gasteiger charge is -2.28. The molecule has 0 atom stereocenters. The van der Waals surface area contributed by atoms with E-state index in [1.807, 2.05) is 54.1 Å². The first-order valence-corrected chi connectivity index (χ1v) is 10.3. The number of phenolic OH excluding ortho intramolecular Hbond substituents is 1. The number of aromatic hydroxyl groups is 1. The summed E-state index contributed by atoms with van der Waals surface area (Å²) in [6.07, 6.45) is 2.29. The van der Waals surface area contributed by atoms with Gasteiger partial charge in [0.05, 0.1) is 23.5 Å². The third-order valence-corrected chi connectivity index (χ3v) is 5.43. The number of rotatable bonds is 3. The van der Waals surface area contributed by atoms with Crippen LogP contribution in [-0.2, 0) is 17.9 Å². The molecule has 0 amide bonds. The molecule has 0 aliphatic rings. The molecule has 30 heavy (non-hydrogen) atoms. The largest absolute Gasteiger partial charge is 0.507 e. The molecule has 1 heterocycles. The molecule has 0 aliphatic carbocycles. The van der Waals surface area contributed by atoms with E-state index in [1.54, 1.807) is 0 Å². The van der Waals surface area contributed by atoms with E-state index in [-0.39, 0.29) is 17.3 Å². The molecule has 0 fully saturated rings. The summed E-state index contributed by atoms with van der Waals surface area (Å²) in [5.74, 6) is 1.15. The SMILES string of the molecule is Cn1c(/C(=C/c2cc(C(C)(C)C)c(O)c(C(C)(C)C)c2)CC#N)nc2ccccc21. The summed E-state index contributed by atoms with van der Waals surface area (Å²) in [6.45, 7) is 12.6. The molecule has 0 radical (unpaired) electrons. The van der Waals surface area contributed by atoms with Gasteiger partial charge < -0.3 is 9.67 Å². The Morgan fingerprint density at radius 1 is 1.07 bits per heavy atom. The third-order valence-electron chi connectivity index (χ3n) is 5.43. The third kappa shape index (κ3) is 4.11. The summed E-state index contributed by atoms with van der Waals surface area (Å²) in [7, 11) is 1.98. The summed E-state index contributed by atoms with van der Waals surface area (Å²) in [5, 5.41) is 20.5. The zero-order valence-corrected chi connectivity index (χ0v) is 19.0. The number of allylic oxidation sites excluding steroid dienone is 1. The number of para-hydroxylation sites is 2. The summed E-state index contributed by atoms with van der Waals surface area (Å²) >= 11 is 0. The molecule has 0 spiro atoms. The molecule has 4 nitrogen and oxygen atoms in total. The summed E-state index contributed by atoms with van der Waals surface area (Å²) in [6, 6.07) is 14.3. The van der Waals surface area contributed by atoms with Crippen molar-refractivity contribution in [2.24, 2.45) is 7.05 Å². The maximum absolute atomic E-state index is 11.0. The van der Waals surface area contributed by atoms with Gasteiger partial charge in [-0.25, -0.2) is 4.98 Å². The number of aromatic nitrogens is 2. The number of hydrogen-bond donors (Lipinski definition) is 1. The Labute approximate surface area is 179 Å². The lowest BCUT2D eigenvalue weighted by atomic mass is 9.78. The van der Waals surface area contributed by atoms with Gasteiger partial charge in [-0.2, -0.15) is 5.26 Å². The first-order chi connectivity index (χ1) is 13.9. The predicted molar refractivity (Wildman–Crippen MR) is 124 cm³/mol. The van der Waals surface area contributed by atoms with Gasteiger partial charge in [-0.15, -0.1) is 0 Å². The van der Waals surface area contributed by atoms with Crippen LogP contribution in [0.2, 0.25) is 0 Å². The molecule has 3 rings (SSSR count). The molecular weight excluding hydrogens is 370 g/mol. The molecule has 156 valence electrons. The molecular formula is C26H31N3O. The minimum Gasteiger partial charge on any atom is -0.507 e. The first-order valence-electron chi connectivity index (χ1n) is 10.3. The standard InChI is InChI=1S/C26H31N3O/c1-25(2,3)19-15-17(16-20(23(19)30)26(4,5)6)14-18(12-13-27)24-28-21-10-8-9-11-22(21)29(24)7/h8-11,14-16,30H,12H2,1-7H3/b18-14+. The van der Waals surface area contributed by atoms with E-state index in [1.165, 1.54) is 0 Å². The van der Waals surface area contributed by atoms with Crippen molar-refractivity contribution in [3.63, 3.8) is 0 Å². The number of nitrogens with zero attached hydrogens (tertiary/aromatic N) is 3. The minimum absolute atomic E-state index is 0.207. The Bertz CT molecular complexity index is 1130. The maximum atomic E-state index is 11.0. The average molecular weight is 402 g/mol. The van der Waals surface area contributed by atoms with Gasteiger partial charge in [-0.05, 0) is 46.7 Å². The van der Waals surface area contributed by atoms with E-state index in [4.69, 9.17) is 4.98 Å². The van der Waals surface area contributed by atoms with Crippen molar-refractivity contribution >= 4 is 22.7 Å². The van der Waals surface area contributed by atoms with Crippen molar-refractivity contribution in [3.05, 3.63) is 58.9 Å². The summed E-state index contributed by atoms with van der Waals surface area (Å²) < 4.78 is 2.04. The van der Waals surface area contributed by atoms with Crippen LogP contribution in [0.4, 0.5) is 0 Å². The van der Waals surface area contributed by atoms with Crippen molar-refractivity contribution in [2.75, 3.05) is 0 Å². The average Bonchev–Trinajstić information content (AvgIpc) is 2.98. The number of benzene rings is 2. The van der Waals surface area contributed by atoms with E-state index in [0.717, 1.165) is 39.1 Å². The van der Waals surface area contributed by atoms with Gasteiger partial charge >= 0.3 is 0 Å². The Hall–Kier alpha value is -3.06. The van der Waals surface area contributed by atoms with Crippen molar-refractivity contribution in [1.82, 2.24) is 9.55 Å². The zero-order valence-electron chi connectivity index (χ0n) is 19.0. The second-order valence-electron chi connectivity index (χ2n) is 9.95. The van der Waals surface area contributed by atoms with Crippen molar-refractivity contribution < 1.29 is 5.11 Å². The van der Waals surface area contributed by atoms with Gasteiger partial charge in [-0.3, -0.25) is 0 Å². The molecule has 1 aromatic heterocycles. The Morgan fingerprint density at radius 3 is 2.13 bits per heavy atom. The van der Waals surface area contributed by atoms with Crippen LogP contribution in [0, 0.1) is 11.3 Å². The predicted octanol–water partition coefficient (Wildman–Crippen LogP) is 6.33. The Morgan fingerprint density at radius 2 is 1.63 bits per heavy atom. The van der Waals surface area contributed by atoms with Crippen LogP contribution in [0.25, 0.3) is 22.7 Å². The highest BCUT2D eigenvalue weighted by molar-refractivity contribution is 5.86. The molecule has 3 aromatic rings. The van der Waals surface area contributed by atoms with Crippen LogP contribution in [0.5, 0.6) is 5.75 Å². The normalized spacial score (nSPS) is 12.9. The van der Waals surface area contributed by atoms with E-state index >= 15 is 0 Å². The van der Waals surface area contributed by atoms with E-state index < -0.39 is 0 Å². The van der Waals surface area contributed by atoms with Crippen molar-refractivity contribution in [1.29, 1.82) is 5.26 Å². The fourth-order valence-electron chi connectivity index (χ4n) is 3.80. The number of hydrogen-bond acceptors (Lipinski definition) is 3. The maximum Gasteiger partial charge on any atom is 0.137 e. The molecule has 0 saturated carbocycles. The van der Waals surface area contributed by atoms with Crippen LogP contribution < -0.4 is 0 Å².